The lowest BCUT2D eigenvalue weighted by Crippen LogP contribution is -2.35. The van der Waals surface area contributed by atoms with Crippen molar-refractivity contribution in [2.24, 2.45) is 11.8 Å². The number of benzene rings is 1. The van der Waals surface area contributed by atoms with Gasteiger partial charge in [-0.3, -0.25) is 0 Å². The lowest BCUT2D eigenvalue weighted by molar-refractivity contribution is 0.0572. The van der Waals surface area contributed by atoms with Crippen molar-refractivity contribution in [3.8, 4) is 22.8 Å². The number of aromatic nitrogens is 2. The van der Waals surface area contributed by atoms with Gasteiger partial charge in [0.25, 0.3) is 0 Å². The fourth-order valence-electron chi connectivity index (χ4n) is 5.09. The largest absolute Gasteiger partial charge is 0.496 e. The van der Waals surface area contributed by atoms with Crippen LogP contribution in [0.3, 0.4) is 0 Å². The Morgan fingerprint density at radius 1 is 1.09 bits per heavy atom. The van der Waals surface area contributed by atoms with Crippen molar-refractivity contribution in [3.05, 3.63) is 35.9 Å². The third-order valence-electron chi connectivity index (χ3n) is 6.93. The molecule has 2 aromatic heterocycles. The minimum atomic E-state index is 0.567. The van der Waals surface area contributed by atoms with E-state index in [1.807, 2.05) is 0 Å². The zero-order valence-corrected chi connectivity index (χ0v) is 21.5. The second kappa shape index (κ2) is 10.1. The van der Waals surface area contributed by atoms with Crippen molar-refractivity contribution in [3.63, 3.8) is 0 Å². The van der Waals surface area contributed by atoms with E-state index in [4.69, 9.17) is 19.3 Å². The van der Waals surface area contributed by atoms with E-state index in [9.17, 15) is 0 Å². The number of thioether (sulfide) groups is 1. The summed E-state index contributed by atoms with van der Waals surface area (Å²) in [5.74, 6) is 2.94. The maximum absolute atomic E-state index is 5.82. The fraction of sp³-hybridized carbons (Fsp3) is 0.519. The maximum atomic E-state index is 5.82. The smallest absolute Gasteiger partial charge is 0.142 e. The van der Waals surface area contributed by atoms with Gasteiger partial charge < -0.3 is 19.1 Å². The molecule has 3 aromatic rings. The number of hydrogen-bond acceptors (Lipinski definition) is 6. The zero-order chi connectivity index (χ0) is 23.7. The number of hydrogen-bond donors (Lipinski definition) is 0. The minimum Gasteiger partial charge on any atom is -0.496 e. The predicted octanol–water partition coefficient (Wildman–Crippen LogP) is 5.69. The first-order valence-corrected chi connectivity index (χ1v) is 13.5. The van der Waals surface area contributed by atoms with Crippen LogP contribution in [0.15, 0.2) is 35.4 Å². The highest BCUT2D eigenvalue weighted by Gasteiger charge is 2.30. The van der Waals surface area contributed by atoms with Crippen LogP contribution < -0.4 is 14.4 Å². The first kappa shape index (κ1) is 23.4. The third-order valence-corrected chi connectivity index (χ3v) is 7.59. The molecular weight excluding hydrogens is 446 g/mol. The van der Waals surface area contributed by atoms with Gasteiger partial charge in [0.15, 0.2) is 0 Å². The fourth-order valence-corrected chi connectivity index (χ4v) is 5.68. The van der Waals surface area contributed by atoms with E-state index < -0.39 is 0 Å². The Bertz CT molecular complexity index is 1130. The predicted molar refractivity (Wildman–Crippen MR) is 139 cm³/mol. The van der Waals surface area contributed by atoms with Crippen LogP contribution >= 0.6 is 11.8 Å². The lowest BCUT2D eigenvalue weighted by Gasteiger charge is -2.31. The molecule has 7 heteroatoms. The summed E-state index contributed by atoms with van der Waals surface area (Å²) in [7, 11) is 3.42. The topological polar surface area (TPSA) is 48.2 Å². The van der Waals surface area contributed by atoms with Gasteiger partial charge >= 0.3 is 0 Å². The van der Waals surface area contributed by atoms with Crippen LogP contribution in [0.1, 0.15) is 31.2 Å². The van der Waals surface area contributed by atoms with Crippen molar-refractivity contribution in [2.75, 3.05) is 51.7 Å². The minimum absolute atomic E-state index is 0.567. The van der Waals surface area contributed by atoms with Gasteiger partial charge in [0.1, 0.15) is 16.5 Å². The van der Waals surface area contributed by atoms with Gasteiger partial charge in [0.05, 0.1) is 43.3 Å². The average molecular weight is 482 g/mol. The number of fused-ring (bicyclic) bond motifs is 1. The highest BCUT2D eigenvalue weighted by atomic mass is 32.2. The van der Waals surface area contributed by atoms with Crippen LogP contribution in [-0.2, 0) is 4.74 Å². The lowest BCUT2D eigenvalue weighted by atomic mass is 10.0. The van der Waals surface area contributed by atoms with Crippen LogP contribution in [-0.4, -0.2) is 56.4 Å². The van der Waals surface area contributed by atoms with E-state index in [-0.39, 0.29) is 0 Å². The van der Waals surface area contributed by atoms with E-state index >= 15 is 0 Å². The Balaban J connectivity index is 1.64. The molecule has 0 N–H and O–H groups in total. The van der Waals surface area contributed by atoms with Gasteiger partial charge in [-0.15, -0.1) is 11.8 Å². The molecule has 5 rings (SSSR count). The van der Waals surface area contributed by atoms with Gasteiger partial charge in [-0.05, 0) is 80.5 Å². The van der Waals surface area contributed by atoms with Crippen LogP contribution in [0.5, 0.6) is 11.5 Å². The standard InChI is InChI=1S/C27H35N3O3S/c1-18-13-23(31-2)25(24(14-18)32-3)21-8-5-9-22-26(27(34-4)28-30(21)22)29(15-19-10-11-19)16-20-7-6-12-33-17-20/h5,8-9,13-14,19-20H,6-7,10-12,15-17H2,1-4H3. The Labute approximate surface area is 206 Å². The highest BCUT2D eigenvalue weighted by molar-refractivity contribution is 7.98. The van der Waals surface area contributed by atoms with Gasteiger partial charge in [-0.1, -0.05) is 6.07 Å². The molecule has 3 heterocycles. The SMILES string of the molecule is COc1cc(C)cc(OC)c1-c1cccc2c(N(CC3CC3)CC3CCCOC3)c(SC)nn12. The van der Waals surface area contributed by atoms with Crippen molar-refractivity contribution < 1.29 is 14.2 Å². The second-order valence-electron chi connectivity index (χ2n) is 9.54. The Hall–Kier alpha value is -2.38. The number of pyridine rings is 1. The molecule has 182 valence electrons. The molecule has 6 nitrogen and oxygen atoms in total. The monoisotopic (exact) mass is 481 g/mol. The van der Waals surface area contributed by atoms with Crippen LogP contribution in [0.4, 0.5) is 5.69 Å². The summed E-state index contributed by atoms with van der Waals surface area (Å²) >= 11 is 1.72. The number of methoxy groups -OCH3 is 2. The number of nitrogens with zero attached hydrogens (tertiary/aromatic N) is 3. The van der Waals surface area contributed by atoms with Crippen molar-refractivity contribution in [2.45, 2.75) is 37.6 Å². The molecule has 1 aromatic carbocycles. The molecule has 0 amide bonds. The molecule has 1 aliphatic heterocycles. The average Bonchev–Trinajstić information content (AvgIpc) is 3.60. The summed E-state index contributed by atoms with van der Waals surface area (Å²) in [5, 5.41) is 6.18. The first-order valence-electron chi connectivity index (χ1n) is 12.2. The molecule has 0 bridgehead atoms. The Morgan fingerprint density at radius 2 is 1.82 bits per heavy atom. The van der Waals surface area contributed by atoms with E-state index in [1.54, 1.807) is 26.0 Å². The molecule has 1 saturated carbocycles. The summed E-state index contributed by atoms with van der Waals surface area (Å²) in [6.45, 7) is 5.92. The van der Waals surface area contributed by atoms with Gasteiger partial charge in [-0.2, -0.15) is 5.10 Å². The number of rotatable bonds is 9. The van der Waals surface area contributed by atoms with Crippen molar-refractivity contribution in [1.82, 2.24) is 9.61 Å². The van der Waals surface area contributed by atoms with Crippen LogP contribution in [0.2, 0.25) is 0 Å². The number of anilines is 1. The molecule has 0 spiro atoms. The maximum Gasteiger partial charge on any atom is 0.142 e. The second-order valence-corrected chi connectivity index (χ2v) is 10.3. The summed E-state index contributed by atoms with van der Waals surface area (Å²) in [5.41, 5.74) is 5.37. The molecule has 1 saturated heterocycles. The molecular formula is C27H35N3O3S. The zero-order valence-electron chi connectivity index (χ0n) is 20.7. The van der Waals surface area contributed by atoms with Crippen LogP contribution in [0, 0.1) is 18.8 Å². The molecule has 1 unspecified atom stereocenters. The Morgan fingerprint density at radius 3 is 2.44 bits per heavy atom. The quantitative estimate of drug-likeness (QED) is 0.366. The molecule has 2 aliphatic rings. The molecule has 1 atom stereocenters. The summed E-state index contributed by atoms with van der Waals surface area (Å²) in [6, 6.07) is 10.5. The molecule has 1 aliphatic carbocycles. The van der Waals surface area contributed by atoms with Crippen molar-refractivity contribution >= 4 is 23.0 Å². The summed E-state index contributed by atoms with van der Waals surface area (Å²) in [6.07, 6.45) is 7.17. The third kappa shape index (κ3) is 4.60. The molecule has 0 radical (unpaired) electrons. The van der Waals surface area contributed by atoms with E-state index in [2.05, 4.69) is 52.9 Å². The first-order chi connectivity index (χ1) is 16.6. The van der Waals surface area contributed by atoms with E-state index in [0.29, 0.717) is 5.92 Å². The number of ether oxygens (including phenoxy) is 3. The van der Waals surface area contributed by atoms with E-state index in [0.717, 1.165) is 77.5 Å². The van der Waals surface area contributed by atoms with Crippen LogP contribution in [0.25, 0.3) is 16.8 Å². The Kier molecular flexibility index (Phi) is 6.93. The highest BCUT2D eigenvalue weighted by Crippen LogP contribution is 2.43. The van der Waals surface area contributed by atoms with E-state index in [1.165, 1.54) is 24.9 Å². The number of aryl methyl sites for hydroxylation is 1. The van der Waals surface area contributed by atoms with Gasteiger partial charge in [-0.25, -0.2) is 4.52 Å². The molecule has 2 fully saturated rings. The summed E-state index contributed by atoms with van der Waals surface area (Å²) < 4.78 is 19.5. The normalized spacial score (nSPS) is 18.3. The van der Waals surface area contributed by atoms with Gasteiger partial charge in [0.2, 0.25) is 0 Å². The van der Waals surface area contributed by atoms with Crippen molar-refractivity contribution in [1.29, 1.82) is 0 Å². The van der Waals surface area contributed by atoms with Gasteiger partial charge in [0, 0.05) is 19.7 Å². The molecule has 34 heavy (non-hydrogen) atoms. The summed E-state index contributed by atoms with van der Waals surface area (Å²) in [4.78, 5) is 2.60.